The van der Waals surface area contributed by atoms with Gasteiger partial charge in [0.15, 0.2) is 5.78 Å². The van der Waals surface area contributed by atoms with Gasteiger partial charge in [0.05, 0.1) is 7.11 Å². The number of hydrogen-bond acceptors (Lipinski definition) is 7. The number of aromatic hydroxyl groups is 1. The fourth-order valence-electron chi connectivity index (χ4n) is 3.04. The molecule has 9 heteroatoms. The molecule has 0 bridgehead atoms. The summed E-state index contributed by atoms with van der Waals surface area (Å²) in [6, 6.07) is 3.55. The maximum absolute atomic E-state index is 12.0. The summed E-state index contributed by atoms with van der Waals surface area (Å²) in [5.41, 5.74) is -1.12. The summed E-state index contributed by atoms with van der Waals surface area (Å²) >= 11 is 5.41. The quantitative estimate of drug-likeness (QED) is 0.316. The lowest BCUT2D eigenvalue weighted by Gasteiger charge is -2.11. The number of amides is 1. The van der Waals surface area contributed by atoms with Gasteiger partial charge in [-0.1, -0.05) is 40.7 Å². The van der Waals surface area contributed by atoms with Crippen LogP contribution in [0.5, 0.6) is 5.75 Å². The Morgan fingerprint density at radius 2 is 1.89 bits per heavy atom. The third kappa shape index (κ3) is 10.4. The van der Waals surface area contributed by atoms with E-state index in [0.29, 0.717) is 18.6 Å². The van der Waals surface area contributed by atoms with Crippen LogP contribution < -0.4 is 10.9 Å². The van der Waals surface area contributed by atoms with Gasteiger partial charge in [0.2, 0.25) is 0 Å². The Hall–Kier alpha value is -2.39. The van der Waals surface area contributed by atoms with E-state index in [9.17, 15) is 19.5 Å². The number of nitrogens with one attached hydrogen (secondary N) is 1. The molecule has 2 heterocycles. The molecule has 1 atom stereocenters. The molecule has 1 amide bonds. The lowest BCUT2D eigenvalue weighted by molar-refractivity contribution is 0.0931. The number of aryl methyl sites for hydroxylation is 1. The number of rotatable bonds is 9. The number of halogens is 1. The molecular weight excluding hydrogens is 534 g/mol. The normalized spacial score (nSPS) is 11.9. The first-order valence-corrected chi connectivity index (χ1v) is 13.1. The summed E-state index contributed by atoms with van der Waals surface area (Å²) in [6.07, 6.45) is 5.10. The van der Waals surface area contributed by atoms with Crippen molar-refractivity contribution in [3.05, 3.63) is 60.4 Å². The van der Waals surface area contributed by atoms with Gasteiger partial charge in [-0.15, -0.1) is 11.3 Å². The average Bonchev–Trinajstić information content (AvgIpc) is 3.08. The molecule has 0 aromatic carbocycles. The monoisotopic (exact) mass is 569 g/mol. The molecule has 0 spiro atoms. The molecule has 0 saturated heterocycles. The van der Waals surface area contributed by atoms with E-state index in [1.54, 1.807) is 19.9 Å². The summed E-state index contributed by atoms with van der Waals surface area (Å²) < 4.78 is 10.9. The first-order chi connectivity index (χ1) is 16.4. The minimum atomic E-state index is -0.821. The highest BCUT2D eigenvalue weighted by Gasteiger charge is 2.22. The van der Waals surface area contributed by atoms with Crippen LogP contribution in [0.1, 0.15) is 79.3 Å². The zero-order valence-corrected chi connectivity index (χ0v) is 23.8. The fourth-order valence-corrected chi connectivity index (χ4v) is 4.85. The molecule has 0 saturated carbocycles. The molecule has 35 heavy (non-hydrogen) atoms. The molecule has 0 aliphatic rings. The minimum Gasteiger partial charge on any atom is -0.507 e. The van der Waals surface area contributed by atoms with E-state index in [2.05, 4.69) is 52.8 Å². The van der Waals surface area contributed by atoms with Crippen molar-refractivity contribution in [1.29, 1.82) is 0 Å². The first-order valence-electron chi connectivity index (χ1n) is 11.5. The van der Waals surface area contributed by atoms with Gasteiger partial charge in [-0.3, -0.25) is 10.1 Å². The standard InChI is InChI=1S/C17H23NO6.C9H13BrS/c1-10(2)15(20)14-12(19)9-13(24-16(14)21)11(3)7-5-6-8-18-17(22)23-4;1-6(2)4-8-5-9(10)7(3)11-8/h6,8-11,19H,5,7H2,1-4H3,(H,18,22);5-6H,4H2,1-3H3/b8-6+;. The number of carbonyl (C=O) groups excluding carboxylic acids is 2. The Morgan fingerprint density at radius 3 is 2.37 bits per heavy atom. The van der Waals surface area contributed by atoms with Crippen molar-refractivity contribution in [2.75, 3.05) is 7.11 Å². The molecule has 0 fully saturated rings. The van der Waals surface area contributed by atoms with Gasteiger partial charge in [0.25, 0.3) is 0 Å². The molecule has 2 aromatic heterocycles. The summed E-state index contributed by atoms with van der Waals surface area (Å²) in [6.45, 7) is 11.8. The Labute approximate surface area is 219 Å². The van der Waals surface area contributed by atoms with Gasteiger partial charge in [0.1, 0.15) is 17.1 Å². The third-order valence-electron chi connectivity index (χ3n) is 4.99. The van der Waals surface area contributed by atoms with Crippen molar-refractivity contribution in [2.24, 2.45) is 11.8 Å². The molecule has 194 valence electrons. The number of methoxy groups -OCH3 is 1. The number of allylic oxidation sites excluding steroid dienone is 1. The van der Waals surface area contributed by atoms with Crippen molar-refractivity contribution in [1.82, 2.24) is 5.32 Å². The zero-order valence-electron chi connectivity index (χ0n) is 21.4. The molecule has 0 aliphatic carbocycles. The largest absolute Gasteiger partial charge is 0.507 e. The highest BCUT2D eigenvalue weighted by atomic mass is 79.9. The number of ether oxygens (including phenoxy) is 1. The number of hydrogen-bond donors (Lipinski definition) is 2. The van der Waals surface area contributed by atoms with Gasteiger partial charge in [-0.05, 0) is 54.1 Å². The molecule has 0 radical (unpaired) electrons. The van der Waals surface area contributed by atoms with Gasteiger partial charge in [0, 0.05) is 38.3 Å². The SMILES string of the molecule is COC(=O)N/C=C/CCC(C)c1cc(O)c(C(=O)C(C)C)c(=O)o1.Cc1sc(CC(C)C)cc1Br. The van der Waals surface area contributed by atoms with Crippen LogP contribution in [0.4, 0.5) is 4.79 Å². The molecular formula is C26H36BrNO6S. The number of Topliss-reactive ketones (excluding diaryl/α,β-unsaturated/α-hetero) is 1. The van der Waals surface area contributed by atoms with Crippen LogP contribution in [0, 0.1) is 18.8 Å². The molecule has 1 unspecified atom stereocenters. The maximum atomic E-state index is 12.0. The van der Waals surface area contributed by atoms with Gasteiger partial charge in [-0.25, -0.2) is 9.59 Å². The zero-order chi connectivity index (χ0) is 26.7. The topological polar surface area (TPSA) is 106 Å². The summed E-state index contributed by atoms with van der Waals surface area (Å²) in [4.78, 5) is 37.6. The van der Waals surface area contributed by atoms with E-state index < -0.39 is 23.4 Å². The Balaban J connectivity index is 0.000000462. The van der Waals surface area contributed by atoms with Crippen molar-refractivity contribution < 1.29 is 23.8 Å². The number of alkyl carbamates (subject to hydrolysis) is 1. The average molecular weight is 571 g/mol. The van der Waals surface area contributed by atoms with Crippen molar-refractivity contribution in [2.45, 2.75) is 66.7 Å². The fraction of sp³-hybridized carbons (Fsp3) is 0.500. The lowest BCUT2D eigenvalue weighted by atomic mass is 9.99. The number of carbonyl (C=O) groups is 2. The van der Waals surface area contributed by atoms with E-state index in [1.165, 1.54) is 40.0 Å². The summed E-state index contributed by atoms with van der Waals surface area (Å²) in [5, 5.41) is 12.4. The highest BCUT2D eigenvalue weighted by Crippen LogP contribution is 2.28. The van der Waals surface area contributed by atoms with E-state index >= 15 is 0 Å². The van der Waals surface area contributed by atoms with Crippen molar-refractivity contribution in [3.8, 4) is 5.75 Å². The predicted molar refractivity (Wildman–Crippen MR) is 143 cm³/mol. The van der Waals surface area contributed by atoms with Crippen LogP contribution in [0.2, 0.25) is 0 Å². The van der Waals surface area contributed by atoms with E-state index in [-0.39, 0.29) is 17.2 Å². The van der Waals surface area contributed by atoms with Crippen LogP contribution in [-0.2, 0) is 11.2 Å². The molecule has 2 aromatic rings. The summed E-state index contributed by atoms with van der Waals surface area (Å²) in [7, 11) is 1.27. The molecule has 2 N–H and O–H groups in total. The van der Waals surface area contributed by atoms with Crippen LogP contribution in [0.3, 0.4) is 0 Å². The Bertz CT molecular complexity index is 1050. The van der Waals surface area contributed by atoms with Gasteiger partial charge < -0.3 is 14.3 Å². The second kappa shape index (κ2) is 14.9. The van der Waals surface area contributed by atoms with E-state index in [4.69, 9.17) is 4.42 Å². The van der Waals surface area contributed by atoms with Crippen molar-refractivity contribution in [3.63, 3.8) is 0 Å². The van der Waals surface area contributed by atoms with Crippen LogP contribution in [0.15, 0.2) is 38.1 Å². The third-order valence-corrected chi connectivity index (χ3v) is 7.15. The van der Waals surface area contributed by atoms with Crippen LogP contribution in [0.25, 0.3) is 0 Å². The van der Waals surface area contributed by atoms with E-state index in [0.717, 1.165) is 5.92 Å². The highest BCUT2D eigenvalue weighted by molar-refractivity contribution is 9.10. The predicted octanol–water partition coefficient (Wildman–Crippen LogP) is 6.96. The van der Waals surface area contributed by atoms with Crippen LogP contribution >= 0.6 is 27.3 Å². The maximum Gasteiger partial charge on any atom is 0.410 e. The van der Waals surface area contributed by atoms with Gasteiger partial charge >= 0.3 is 11.7 Å². The second-order valence-corrected chi connectivity index (χ2v) is 11.1. The molecule has 2 rings (SSSR count). The lowest BCUT2D eigenvalue weighted by Crippen LogP contribution is -2.19. The smallest absolute Gasteiger partial charge is 0.410 e. The first kappa shape index (κ1) is 30.6. The Morgan fingerprint density at radius 1 is 1.23 bits per heavy atom. The number of thiophene rings is 1. The van der Waals surface area contributed by atoms with Crippen molar-refractivity contribution >= 4 is 39.1 Å². The summed E-state index contributed by atoms with van der Waals surface area (Å²) in [5.74, 6) is -0.275. The Kier molecular flexibility index (Phi) is 13.0. The molecule has 0 aliphatic heterocycles. The van der Waals surface area contributed by atoms with Crippen LogP contribution in [-0.4, -0.2) is 24.1 Å². The number of ketones is 1. The second-order valence-electron chi connectivity index (χ2n) is 8.95. The molecule has 7 nitrogen and oxygen atoms in total. The minimum absolute atomic E-state index is 0.144. The van der Waals surface area contributed by atoms with E-state index in [1.807, 2.05) is 18.3 Å². The van der Waals surface area contributed by atoms with Gasteiger partial charge in [-0.2, -0.15) is 0 Å².